The van der Waals surface area contributed by atoms with Crippen LogP contribution in [0.4, 0.5) is 0 Å². The van der Waals surface area contributed by atoms with E-state index in [1.807, 2.05) is 29.0 Å². The molecule has 5 aromatic rings. The second-order valence-electron chi connectivity index (χ2n) is 10.5. The monoisotopic (exact) mass is 642 g/mol. The van der Waals surface area contributed by atoms with Crippen LogP contribution in [0.15, 0.2) is 55.5 Å². The highest BCUT2D eigenvalue weighted by Gasteiger charge is 2.45. The summed E-state index contributed by atoms with van der Waals surface area (Å²) in [5.74, 6) is -0.748. The number of para-hydroxylation sites is 1. The van der Waals surface area contributed by atoms with Crippen LogP contribution in [0.3, 0.4) is 0 Å². The highest BCUT2D eigenvalue weighted by atomic mass is 32.2. The number of carbonyl (C=O) groups is 1. The first-order valence-corrected chi connectivity index (χ1v) is 16.2. The quantitative estimate of drug-likeness (QED) is 0.164. The molecule has 0 bridgehead atoms. The van der Waals surface area contributed by atoms with E-state index in [2.05, 4.69) is 45.6 Å². The number of aliphatic hydroxyl groups excluding tert-OH is 2. The topological polar surface area (TPSA) is 189 Å². The average Bonchev–Trinajstić information content (AvgIpc) is 3.82. The molecule has 4 atom stereocenters. The fourth-order valence-corrected chi connectivity index (χ4v) is 6.02. The van der Waals surface area contributed by atoms with Crippen molar-refractivity contribution in [2.75, 3.05) is 26.2 Å². The summed E-state index contributed by atoms with van der Waals surface area (Å²) in [4.78, 5) is 30.6. The molecule has 1 saturated heterocycles. The van der Waals surface area contributed by atoms with Gasteiger partial charge in [0.1, 0.15) is 24.6 Å². The van der Waals surface area contributed by atoms with Crippen molar-refractivity contribution in [1.29, 1.82) is 0 Å². The maximum atomic E-state index is 12.3. The van der Waals surface area contributed by atoms with Crippen LogP contribution >= 0.6 is 0 Å². The normalized spacial score (nSPS) is 20.2. The molecule has 0 saturated carbocycles. The van der Waals surface area contributed by atoms with Gasteiger partial charge in [-0.05, 0) is 37.7 Å². The van der Waals surface area contributed by atoms with Crippen molar-refractivity contribution >= 4 is 43.9 Å². The minimum atomic E-state index is -4.49. The van der Waals surface area contributed by atoms with Gasteiger partial charge in [0.05, 0.1) is 12.9 Å². The van der Waals surface area contributed by atoms with Crippen LogP contribution in [-0.2, 0) is 30.4 Å². The van der Waals surface area contributed by atoms with Gasteiger partial charge in [0.2, 0.25) is 5.91 Å². The van der Waals surface area contributed by atoms with Gasteiger partial charge in [-0.3, -0.25) is 17.9 Å². The number of aromatic amines is 1. The lowest BCUT2D eigenvalue weighted by Gasteiger charge is -2.16. The number of rotatable bonds is 11. The summed E-state index contributed by atoms with van der Waals surface area (Å²) >= 11 is 0. The van der Waals surface area contributed by atoms with Gasteiger partial charge in [-0.25, -0.2) is 19.7 Å². The lowest BCUT2D eigenvalue weighted by atomic mass is 10.1. The number of ether oxygens (including phenoxy) is 1. The van der Waals surface area contributed by atoms with Gasteiger partial charge < -0.3 is 24.8 Å². The molecule has 1 aromatic carbocycles. The molecule has 16 heteroatoms. The SMILES string of the molecule is CCN(CC)CC.O=C(CCc1c[nH]c2ccccc12)NS(=O)(=O)OC[C@H]1O[C@@H](n2cnc3c2ncn2ccnc32)[C@H](O)[C@@H]1O. The van der Waals surface area contributed by atoms with Crippen LogP contribution in [0.1, 0.15) is 39.0 Å². The van der Waals surface area contributed by atoms with Crippen LogP contribution in [0.25, 0.3) is 27.7 Å². The Morgan fingerprint density at radius 2 is 1.82 bits per heavy atom. The molecule has 45 heavy (non-hydrogen) atoms. The Morgan fingerprint density at radius 3 is 2.56 bits per heavy atom. The van der Waals surface area contributed by atoms with Gasteiger partial charge in [-0.1, -0.05) is 39.0 Å². The number of nitrogens with zero attached hydrogens (tertiary/aromatic N) is 6. The number of aliphatic hydroxyl groups is 2. The zero-order valence-electron chi connectivity index (χ0n) is 25.3. The highest BCUT2D eigenvalue weighted by Crippen LogP contribution is 2.32. The number of hydrogen-bond donors (Lipinski definition) is 4. The number of aromatic nitrogens is 6. The summed E-state index contributed by atoms with van der Waals surface area (Å²) < 4.78 is 40.3. The molecular formula is C29H38N8O7S. The summed E-state index contributed by atoms with van der Waals surface area (Å²) in [6, 6.07) is 7.58. The van der Waals surface area contributed by atoms with E-state index in [0.29, 0.717) is 23.2 Å². The molecule has 1 fully saturated rings. The Bertz CT molecular complexity index is 1840. The number of benzene rings is 1. The second kappa shape index (κ2) is 14.0. The molecule has 0 aliphatic carbocycles. The summed E-state index contributed by atoms with van der Waals surface area (Å²) in [5, 5.41) is 22.0. The Labute approximate surface area is 260 Å². The second-order valence-corrected chi connectivity index (χ2v) is 11.9. The first kappa shape index (κ1) is 32.5. The highest BCUT2D eigenvalue weighted by molar-refractivity contribution is 7.85. The van der Waals surface area contributed by atoms with Gasteiger partial charge >= 0.3 is 10.3 Å². The van der Waals surface area contributed by atoms with Crippen molar-refractivity contribution in [2.24, 2.45) is 0 Å². The Morgan fingerprint density at radius 1 is 1.07 bits per heavy atom. The van der Waals surface area contributed by atoms with Crippen LogP contribution < -0.4 is 4.72 Å². The third kappa shape index (κ3) is 7.16. The zero-order chi connectivity index (χ0) is 32.1. The van der Waals surface area contributed by atoms with Crippen LogP contribution in [0, 0.1) is 0 Å². The van der Waals surface area contributed by atoms with E-state index in [-0.39, 0.29) is 6.42 Å². The van der Waals surface area contributed by atoms with Gasteiger partial charge in [0.25, 0.3) is 0 Å². The maximum absolute atomic E-state index is 12.3. The van der Waals surface area contributed by atoms with Crippen molar-refractivity contribution < 1.29 is 32.3 Å². The minimum Gasteiger partial charge on any atom is -0.387 e. The first-order valence-electron chi connectivity index (χ1n) is 14.8. The molecule has 6 rings (SSSR count). The van der Waals surface area contributed by atoms with Gasteiger partial charge in [0, 0.05) is 35.9 Å². The summed E-state index contributed by atoms with van der Waals surface area (Å²) in [6.07, 6.45) is 3.01. The molecule has 1 aliphatic heterocycles. The summed E-state index contributed by atoms with van der Waals surface area (Å²) in [6.45, 7) is 9.49. The Kier molecular flexibility index (Phi) is 10.1. The number of aryl methyl sites for hydroxylation is 1. The van der Waals surface area contributed by atoms with E-state index in [1.54, 1.807) is 23.0 Å². The molecule has 1 amide bonds. The third-order valence-electron chi connectivity index (χ3n) is 7.83. The van der Waals surface area contributed by atoms with E-state index < -0.39 is 47.4 Å². The molecule has 4 aromatic heterocycles. The summed E-state index contributed by atoms with van der Waals surface area (Å²) in [7, 11) is -4.49. The van der Waals surface area contributed by atoms with Crippen molar-refractivity contribution in [3.05, 3.63) is 61.1 Å². The van der Waals surface area contributed by atoms with Crippen molar-refractivity contribution in [3.63, 3.8) is 0 Å². The zero-order valence-corrected chi connectivity index (χ0v) is 26.1. The number of amides is 1. The van der Waals surface area contributed by atoms with Crippen molar-refractivity contribution in [1.82, 2.24) is 38.5 Å². The van der Waals surface area contributed by atoms with Crippen molar-refractivity contribution in [3.8, 4) is 0 Å². The number of hydrogen-bond acceptors (Lipinski definition) is 11. The number of H-pyrrole nitrogens is 1. The lowest BCUT2D eigenvalue weighted by molar-refractivity contribution is -0.119. The molecule has 5 heterocycles. The third-order valence-corrected chi connectivity index (χ3v) is 8.75. The molecule has 1 aliphatic rings. The first-order chi connectivity index (χ1) is 21.7. The minimum absolute atomic E-state index is 0.0850. The number of carbonyl (C=O) groups excluding carboxylic acids is 1. The van der Waals surface area contributed by atoms with Crippen LogP contribution in [0.5, 0.6) is 0 Å². The predicted molar refractivity (Wildman–Crippen MR) is 165 cm³/mol. The molecule has 0 spiro atoms. The van der Waals surface area contributed by atoms with Crippen LogP contribution in [0.2, 0.25) is 0 Å². The largest absolute Gasteiger partial charge is 0.387 e. The van der Waals surface area contributed by atoms with Gasteiger partial charge in [0.15, 0.2) is 23.0 Å². The molecule has 0 radical (unpaired) electrons. The van der Waals surface area contributed by atoms with E-state index in [9.17, 15) is 23.4 Å². The van der Waals surface area contributed by atoms with E-state index in [1.165, 1.54) is 36.9 Å². The van der Waals surface area contributed by atoms with E-state index >= 15 is 0 Å². The molecule has 4 N–H and O–H groups in total. The molecular weight excluding hydrogens is 604 g/mol. The molecule has 0 unspecified atom stereocenters. The fraction of sp³-hybridized carbons (Fsp3) is 0.448. The smallest absolute Gasteiger partial charge is 0.362 e. The Hall–Kier alpha value is -3.93. The van der Waals surface area contributed by atoms with Crippen molar-refractivity contribution in [2.45, 2.75) is 58.2 Å². The molecule has 242 valence electrons. The van der Waals surface area contributed by atoms with Crippen LogP contribution in [-0.4, -0.2) is 103 Å². The maximum Gasteiger partial charge on any atom is 0.362 e. The standard InChI is InChI=1S/C23H23N7O7S.C6H15N/c31-17(6-5-13-9-25-15-4-2-1-3-14(13)15)28-38(34,35)36-10-16-19(32)20(33)23(37-16)30-12-26-18-21-24-7-8-29(21)11-27-22(18)30;1-4-7(5-2)6-3/h1-4,7-9,11-12,16,19-20,23,25,32-33H,5-6,10H2,(H,28,31);4-6H2,1-3H3/t16-,19-,20-,23-;/m1./s1. The van der Waals surface area contributed by atoms with E-state index in [4.69, 9.17) is 8.92 Å². The fourth-order valence-electron chi connectivity index (χ4n) is 5.26. The number of imidazole rings is 2. The number of nitrogens with one attached hydrogen (secondary N) is 2. The summed E-state index contributed by atoms with van der Waals surface area (Å²) in [5.41, 5.74) is 3.17. The Balaban J connectivity index is 0.000000515. The predicted octanol–water partition coefficient (Wildman–Crippen LogP) is 1.54. The van der Waals surface area contributed by atoms with Gasteiger partial charge in [-0.15, -0.1) is 0 Å². The van der Waals surface area contributed by atoms with E-state index in [0.717, 1.165) is 16.5 Å². The number of fused-ring (bicyclic) bond motifs is 4. The lowest BCUT2D eigenvalue weighted by Crippen LogP contribution is -2.37. The van der Waals surface area contributed by atoms with Gasteiger partial charge in [-0.2, -0.15) is 8.42 Å². The average molecular weight is 643 g/mol. The molecule has 15 nitrogen and oxygen atoms in total.